The van der Waals surface area contributed by atoms with Gasteiger partial charge in [-0.15, -0.1) is 0 Å². The second kappa shape index (κ2) is 11.1. The maximum Gasteiger partial charge on any atom is 0.261 e. The van der Waals surface area contributed by atoms with Gasteiger partial charge in [-0.1, -0.05) is 102 Å². The molecule has 0 bridgehead atoms. The van der Waals surface area contributed by atoms with E-state index in [1.807, 2.05) is 0 Å². The summed E-state index contributed by atoms with van der Waals surface area (Å²) >= 11 is 0. The zero-order valence-corrected chi connectivity index (χ0v) is 27.6. The summed E-state index contributed by atoms with van der Waals surface area (Å²) in [5.41, 5.74) is -0.417. The Morgan fingerprint density at radius 1 is 0.872 bits per heavy atom. The Balaban J connectivity index is 1.64. The fourth-order valence-electron chi connectivity index (χ4n) is 6.04. The normalized spacial score (nSPS) is 27.6. The molecule has 4 atom stereocenters. The van der Waals surface area contributed by atoms with Gasteiger partial charge in [0.05, 0.1) is 31.0 Å². The number of alkyl halides is 1. The van der Waals surface area contributed by atoms with Gasteiger partial charge < -0.3 is 13.6 Å². The summed E-state index contributed by atoms with van der Waals surface area (Å²) < 4.78 is 36.0. The average Bonchev–Trinajstić information content (AvgIpc) is 3.24. The number of ether oxygens (including phenoxy) is 1. The van der Waals surface area contributed by atoms with E-state index in [2.05, 4.69) is 127 Å². The smallest absolute Gasteiger partial charge is 0.261 e. The highest BCUT2D eigenvalue weighted by atomic mass is 28.4. The van der Waals surface area contributed by atoms with Crippen molar-refractivity contribution in [2.45, 2.75) is 102 Å². The van der Waals surface area contributed by atoms with E-state index in [0.717, 1.165) is 6.54 Å². The van der Waals surface area contributed by atoms with Crippen LogP contribution in [0.1, 0.15) is 54.9 Å². The van der Waals surface area contributed by atoms with E-state index in [-0.39, 0.29) is 22.3 Å². The molecule has 4 nitrogen and oxygen atoms in total. The molecule has 4 rings (SSSR count). The van der Waals surface area contributed by atoms with Crippen molar-refractivity contribution in [3.63, 3.8) is 0 Å². The highest BCUT2D eigenvalue weighted by Crippen LogP contribution is 2.43. The Kier molecular flexibility index (Phi) is 8.74. The third-order valence-corrected chi connectivity index (χ3v) is 19.1. The molecule has 0 spiro atoms. The van der Waals surface area contributed by atoms with Gasteiger partial charge in [0.15, 0.2) is 8.32 Å². The summed E-state index contributed by atoms with van der Waals surface area (Å²) in [6.07, 6.45) is -0.855. The Bertz CT molecular complexity index is 1050. The molecule has 2 aliphatic heterocycles. The molecular formula is C32H50FNO3Si2. The van der Waals surface area contributed by atoms with Gasteiger partial charge in [0.25, 0.3) is 8.32 Å². The highest BCUT2D eigenvalue weighted by Gasteiger charge is 2.57. The first-order chi connectivity index (χ1) is 18.1. The largest absolute Gasteiger partial charge is 0.411 e. The second-order valence-corrected chi connectivity index (χ2v) is 23.3. The molecule has 2 saturated heterocycles. The van der Waals surface area contributed by atoms with Crippen LogP contribution in [0, 0.1) is 0 Å². The number of hydrogen-bond acceptors (Lipinski definition) is 4. The molecule has 0 amide bonds. The molecule has 0 unspecified atom stereocenters. The van der Waals surface area contributed by atoms with E-state index >= 15 is 4.39 Å². The molecule has 216 valence electrons. The molecule has 0 saturated carbocycles. The van der Waals surface area contributed by atoms with Gasteiger partial charge in [-0.3, -0.25) is 4.90 Å². The van der Waals surface area contributed by atoms with Gasteiger partial charge in [-0.25, -0.2) is 4.39 Å². The number of benzene rings is 2. The van der Waals surface area contributed by atoms with Crippen LogP contribution in [0.2, 0.25) is 23.2 Å². The van der Waals surface area contributed by atoms with Crippen LogP contribution in [-0.2, 0) is 13.6 Å². The van der Waals surface area contributed by atoms with Gasteiger partial charge in [0, 0.05) is 13.1 Å². The number of rotatable bonds is 7. The fourth-order valence-corrected chi connectivity index (χ4v) is 12.2. The summed E-state index contributed by atoms with van der Waals surface area (Å²) in [4.78, 5) is 2.29. The zero-order valence-electron chi connectivity index (χ0n) is 25.6. The number of piperidine rings is 1. The molecule has 39 heavy (non-hydrogen) atoms. The van der Waals surface area contributed by atoms with E-state index in [1.54, 1.807) is 0 Å². The lowest BCUT2D eigenvalue weighted by Crippen LogP contribution is -2.71. The number of likely N-dealkylation sites (tertiary alicyclic amines) is 1. The van der Waals surface area contributed by atoms with Crippen molar-refractivity contribution in [1.82, 2.24) is 4.90 Å². The topological polar surface area (TPSA) is 30.9 Å². The maximum atomic E-state index is 15.8. The van der Waals surface area contributed by atoms with E-state index < -0.39 is 28.3 Å². The van der Waals surface area contributed by atoms with E-state index in [4.69, 9.17) is 13.6 Å². The van der Waals surface area contributed by atoms with Crippen LogP contribution in [0.15, 0.2) is 60.7 Å². The van der Waals surface area contributed by atoms with Gasteiger partial charge in [-0.2, -0.15) is 0 Å². The van der Waals surface area contributed by atoms with Crippen molar-refractivity contribution in [2.75, 3.05) is 26.3 Å². The second-order valence-electron chi connectivity index (χ2n) is 14.3. The molecule has 7 heteroatoms. The monoisotopic (exact) mass is 571 g/mol. The van der Waals surface area contributed by atoms with Crippen LogP contribution in [0.4, 0.5) is 4.39 Å². The summed E-state index contributed by atoms with van der Waals surface area (Å²) in [7, 11) is -4.82. The van der Waals surface area contributed by atoms with Crippen molar-refractivity contribution in [3.8, 4) is 0 Å². The van der Waals surface area contributed by atoms with Crippen LogP contribution in [-0.4, -0.2) is 71.8 Å². The van der Waals surface area contributed by atoms with E-state index in [1.165, 1.54) is 10.4 Å². The molecule has 0 radical (unpaired) electrons. The third-order valence-electron chi connectivity index (χ3n) is 9.55. The molecule has 0 aliphatic carbocycles. The van der Waals surface area contributed by atoms with Gasteiger partial charge in [-0.05, 0) is 46.9 Å². The first kappa shape index (κ1) is 30.6. The minimum atomic E-state index is -2.77. The van der Waals surface area contributed by atoms with Crippen molar-refractivity contribution in [3.05, 3.63) is 60.7 Å². The first-order valence-corrected chi connectivity index (χ1v) is 19.4. The van der Waals surface area contributed by atoms with Gasteiger partial charge >= 0.3 is 0 Å². The van der Waals surface area contributed by atoms with Crippen molar-refractivity contribution < 1.29 is 18.0 Å². The molecule has 2 aliphatic rings. The quantitative estimate of drug-likeness (QED) is 0.373. The van der Waals surface area contributed by atoms with Crippen molar-refractivity contribution >= 4 is 27.0 Å². The number of hydrogen-bond donors (Lipinski definition) is 0. The van der Waals surface area contributed by atoms with Crippen LogP contribution in [0.25, 0.3) is 0 Å². The van der Waals surface area contributed by atoms with E-state index in [0.29, 0.717) is 26.2 Å². The van der Waals surface area contributed by atoms with E-state index in [9.17, 15) is 0 Å². The fraction of sp³-hybridized carbons (Fsp3) is 0.625. The SMILES string of the molecule is CC(C)(C)[Si](C)(C)O[C@H]1CCN([C@]2(C)COC[C@@H]2O[Si](c2ccccc2)(c2ccccc2)C(C)(C)C)C[C@H]1F. The Hall–Kier alpha value is -1.36. The Morgan fingerprint density at radius 3 is 1.87 bits per heavy atom. The standard InChI is InChI=1S/C32H50FNO3Si2/c1-30(2,3)38(8,9)36-28-20-21-34(22-27(28)33)32(7)24-35-23-29(32)37-39(31(4,5)6,25-16-12-10-13-17-25)26-18-14-11-15-19-26/h10-19,27-29H,20-24H2,1-9H3/t27-,28+,29+,32-/m1/s1. The molecule has 2 aromatic carbocycles. The molecule has 0 N–H and O–H groups in total. The summed E-state index contributed by atoms with van der Waals surface area (Å²) in [5.74, 6) is 0. The molecule has 2 fully saturated rings. The lowest BCUT2D eigenvalue weighted by Gasteiger charge is -2.51. The molecule has 2 heterocycles. The van der Waals surface area contributed by atoms with Crippen LogP contribution in [0.3, 0.4) is 0 Å². The lowest BCUT2D eigenvalue weighted by molar-refractivity contribution is -0.0525. The summed E-state index contributed by atoms with van der Waals surface area (Å²) in [5, 5.41) is 2.43. The predicted molar refractivity (Wildman–Crippen MR) is 165 cm³/mol. The lowest BCUT2D eigenvalue weighted by atomic mass is 9.92. The molecular weight excluding hydrogens is 522 g/mol. The minimum absolute atomic E-state index is 0.0594. The summed E-state index contributed by atoms with van der Waals surface area (Å²) in [6, 6.07) is 21.5. The average molecular weight is 572 g/mol. The summed E-state index contributed by atoms with van der Waals surface area (Å²) in [6.45, 7) is 22.4. The minimum Gasteiger partial charge on any atom is -0.411 e. The molecule has 0 aromatic heterocycles. The zero-order chi connectivity index (χ0) is 28.7. The highest BCUT2D eigenvalue weighted by molar-refractivity contribution is 6.99. The first-order valence-electron chi connectivity index (χ1n) is 14.6. The predicted octanol–water partition coefficient (Wildman–Crippen LogP) is 6.15. The van der Waals surface area contributed by atoms with Gasteiger partial charge in [0.1, 0.15) is 6.17 Å². The van der Waals surface area contributed by atoms with Crippen molar-refractivity contribution in [2.24, 2.45) is 0 Å². The Labute approximate surface area is 238 Å². The van der Waals surface area contributed by atoms with Crippen molar-refractivity contribution in [1.29, 1.82) is 0 Å². The third kappa shape index (κ3) is 5.86. The van der Waals surface area contributed by atoms with Gasteiger partial charge in [0.2, 0.25) is 0 Å². The maximum absolute atomic E-state index is 15.8. The Morgan fingerprint density at radius 2 is 1.41 bits per heavy atom. The van der Waals surface area contributed by atoms with Crippen LogP contribution >= 0.6 is 0 Å². The number of nitrogens with zero attached hydrogens (tertiary/aromatic N) is 1. The van der Waals surface area contributed by atoms with Crippen LogP contribution in [0.5, 0.6) is 0 Å². The molecule has 2 aromatic rings. The van der Waals surface area contributed by atoms with Crippen LogP contribution < -0.4 is 10.4 Å². The number of halogens is 1.